The standard InChI is InChI=1S/C39H45N7O12S2/c1-20-32-30(21(2)47)36(49)44(32)33(37(50)57-17-22-6-10-24(11-7-22)45(53)54)34(20)60-26-15-28(43(16-26)39(52)58-18-23-8-12-25(13-9-23)46(55)56)35(48)40-14-4-3-5-29-31-27(19-59-29)41-38(51)42-31/h6-13,20-21,26-32,47H,3-5,14-19H2,1-2H3,(H,40,48)(H2,41,42,51)/t20-,21-,26+,27+,28+,29+,30-,31+,32-/m1/s1. The molecule has 2 aromatic carbocycles. The number of nitro groups is 2. The fourth-order valence-electron chi connectivity index (χ4n) is 8.50. The first kappa shape index (κ1) is 42.7. The number of nitro benzene ring substituents is 2. The van der Waals surface area contributed by atoms with Crippen LogP contribution in [0.4, 0.5) is 21.0 Å². The molecule has 9 atom stereocenters. The lowest BCUT2D eigenvalue weighted by Crippen LogP contribution is -2.63. The largest absolute Gasteiger partial charge is 0.456 e. The van der Waals surface area contributed by atoms with Crippen LogP contribution >= 0.6 is 23.5 Å². The van der Waals surface area contributed by atoms with Gasteiger partial charge in [-0.1, -0.05) is 13.3 Å². The molecule has 0 spiro atoms. The topological polar surface area (TPSA) is 253 Å². The molecule has 0 aromatic heterocycles. The van der Waals surface area contributed by atoms with Crippen LogP contribution in [-0.4, -0.2) is 114 Å². The Morgan fingerprint density at radius 1 is 0.983 bits per heavy atom. The highest BCUT2D eigenvalue weighted by molar-refractivity contribution is 8.03. The average molecular weight is 868 g/mol. The lowest BCUT2D eigenvalue weighted by atomic mass is 9.79. The van der Waals surface area contributed by atoms with Crippen molar-refractivity contribution in [3.05, 3.63) is 90.5 Å². The number of non-ortho nitro benzene ring substituents is 2. The molecule has 4 fully saturated rings. The summed E-state index contributed by atoms with van der Waals surface area (Å²) in [5.74, 6) is -1.95. The Morgan fingerprint density at radius 2 is 1.62 bits per heavy atom. The van der Waals surface area contributed by atoms with Crippen LogP contribution in [0.1, 0.15) is 50.7 Å². The number of fused-ring (bicyclic) bond motifs is 2. The van der Waals surface area contributed by atoms with E-state index in [0.717, 1.165) is 18.6 Å². The van der Waals surface area contributed by atoms with Crippen LogP contribution in [0.3, 0.4) is 0 Å². The minimum atomic E-state index is -0.988. The van der Waals surface area contributed by atoms with E-state index >= 15 is 0 Å². The first-order valence-electron chi connectivity index (χ1n) is 19.7. The number of aliphatic hydroxyl groups is 1. The molecular formula is C39H45N7O12S2. The molecule has 5 aliphatic rings. The highest BCUT2D eigenvalue weighted by atomic mass is 32.2. The number of aliphatic hydroxyl groups excluding tert-OH is 1. The molecule has 5 amide bonds. The zero-order valence-electron chi connectivity index (χ0n) is 32.7. The number of urea groups is 1. The van der Waals surface area contributed by atoms with Gasteiger partial charge >= 0.3 is 18.1 Å². The highest BCUT2D eigenvalue weighted by Crippen LogP contribution is 2.52. The Hall–Kier alpha value is -5.41. The summed E-state index contributed by atoms with van der Waals surface area (Å²) in [6.07, 6.45) is 0.744. The maximum absolute atomic E-state index is 13.8. The minimum Gasteiger partial charge on any atom is -0.456 e. The number of likely N-dealkylation sites (tertiary alicyclic amines) is 1. The molecule has 0 saturated carbocycles. The lowest BCUT2D eigenvalue weighted by Gasteiger charge is -2.46. The summed E-state index contributed by atoms with van der Waals surface area (Å²) in [7, 11) is 0. The number of unbranched alkanes of at least 4 members (excludes halogenated alkanes) is 1. The molecule has 60 heavy (non-hydrogen) atoms. The third-order valence-corrected chi connectivity index (χ3v) is 14.6. The fraction of sp³-hybridized carbons (Fsp3) is 0.513. The first-order valence-corrected chi connectivity index (χ1v) is 21.6. The van der Waals surface area contributed by atoms with Gasteiger partial charge in [-0.05, 0) is 61.6 Å². The van der Waals surface area contributed by atoms with Gasteiger partial charge in [0.05, 0.1) is 40.0 Å². The normalized spacial score (nSPS) is 27.1. The van der Waals surface area contributed by atoms with Crippen LogP contribution in [0.15, 0.2) is 59.1 Å². The third kappa shape index (κ3) is 8.87. The quantitative estimate of drug-likeness (QED) is 0.0470. The molecule has 0 unspecified atom stereocenters. The van der Waals surface area contributed by atoms with Crippen LogP contribution in [0.5, 0.6) is 0 Å². The van der Waals surface area contributed by atoms with Gasteiger partial charge in [-0.2, -0.15) is 11.8 Å². The number of benzene rings is 2. The maximum Gasteiger partial charge on any atom is 0.410 e. The summed E-state index contributed by atoms with van der Waals surface area (Å²) >= 11 is 3.07. The third-order valence-electron chi connectivity index (χ3n) is 11.6. The van der Waals surface area contributed by atoms with Gasteiger partial charge in [0.2, 0.25) is 11.8 Å². The Labute approximate surface area is 352 Å². The number of rotatable bonds is 16. The minimum absolute atomic E-state index is 0.0150. The number of nitrogens with zero attached hydrogens (tertiary/aromatic N) is 4. The van der Waals surface area contributed by atoms with Crippen molar-refractivity contribution in [1.82, 2.24) is 25.8 Å². The summed E-state index contributed by atoms with van der Waals surface area (Å²) < 4.78 is 11.3. The Balaban J connectivity index is 1.04. The van der Waals surface area contributed by atoms with E-state index in [0.29, 0.717) is 29.0 Å². The Bertz CT molecular complexity index is 2070. The van der Waals surface area contributed by atoms with Crippen molar-refractivity contribution >= 4 is 64.8 Å². The second-order valence-corrected chi connectivity index (χ2v) is 18.1. The van der Waals surface area contributed by atoms with Gasteiger partial charge in [0.25, 0.3) is 11.4 Å². The number of carbonyl (C=O) groups is 5. The number of nitrogens with one attached hydrogen (secondary N) is 3. The van der Waals surface area contributed by atoms with E-state index in [9.17, 15) is 49.3 Å². The summed E-state index contributed by atoms with van der Waals surface area (Å²) in [5, 5.41) is 41.4. The number of β-lactam (4-membered cyclic amide) rings is 1. The molecule has 21 heteroatoms. The zero-order valence-corrected chi connectivity index (χ0v) is 34.4. The van der Waals surface area contributed by atoms with E-state index < -0.39 is 69.0 Å². The second kappa shape index (κ2) is 18.1. The van der Waals surface area contributed by atoms with Crippen molar-refractivity contribution < 1.29 is 48.4 Å². The van der Waals surface area contributed by atoms with Gasteiger partial charge < -0.3 is 35.4 Å². The molecule has 19 nitrogen and oxygen atoms in total. The number of carbonyl (C=O) groups excluding carboxylic acids is 5. The number of esters is 1. The number of hydrogen-bond donors (Lipinski definition) is 4. The Morgan fingerprint density at radius 3 is 2.23 bits per heavy atom. The average Bonchev–Trinajstić information content (AvgIpc) is 3.97. The van der Waals surface area contributed by atoms with E-state index in [4.69, 9.17) is 9.47 Å². The van der Waals surface area contributed by atoms with Gasteiger partial charge in [0.15, 0.2) is 0 Å². The summed E-state index contributed by atoms with van der Waals surface area (Å²) in [6, 6.07) is 9.62. The molecule has 0 aliphatic carbocycles. The Kier molecular flexibility index (Phi) is 12.9. The fourth-order valence-corrected chi connectivity index (χ4v) is 11.6. The molecule has 5 heterocycles. The van der Waals surface area contributed by atoms with E-state index in [-0.39, 0.29) is 66.6 Å². The van der Waals surface area contributed by atoms with E-state index in [1.807, 2.05) is 18.7 Å². The molecule has 5 aliphatic heterocycles. The highest BCUT2D eigenvalue weighted by Gasteiger charge is 2.60. The second-order valence-electron chi connectivity index (χ2n) is 15.5. The molecule has 4 saturated heterocycles. The van der Waals surface area contributed by atoms with Gasteiger partial charge in [0.1, 0.15) is 25.0 Å². The number of hydrogen-bond acceptors (Lipinski definition) is 14. The number of ether oxygens (including phenoxy) is 2. The van der Waals surface area contributed by atoms with Crippen molar-refractivity contribution in [3.8, 4) is 0 Å². The number of thioether (sulfide) groups is 2. The monoisotopic (exact) mass is 867 g/mol. The zero-order chi connectivity index (χ0) is 42.8. The van der Waals surface area contributed by atoms with Crippen LogP contribution in [0.2, 0.25) is 0 Å². The van der Waals surface area contributed by atoms with Crippen molar-refractivity contribution in [3.63, 3.8) is 0 Å². The van der Waals surface area contributed by atoms with Crippen LogP contribution < -0.4 is 16.0 Å². The lowest BCUT2D eigenvalue weighted by molar-refractivity contribution is -0.385. The smallest absolute Gasteiger partial charge is 0.410 e. The predicted octanol–water partition coefficient (Wildman–Crippen LogP) is 3.58. The van der Waals surface area contributed by atoms with Crippen molar-refractivity contribution in [1.29, 1.82) is 0 Å². The summed E-state index contributed by atoms with van der Waals surface area (Å²) in [6.45, 7) is 3.32. The molecular weight excluding hydrogens is 823 g/mol. The van der Waals surface area contributed by atoms with E-state index in [2.05, 4.69) is 16.0 Å². The van der Waals surface area contributed by atoms with Crippen LogP contribution in [0.25, 0.3) is 0 Å². The SMILES string of the molecule is C[C@@H](O)[C@H]1C(=O)N2C(C(=O)OCc3ccc([N+](=O)[O-])cc3)=C(S[C@H]3C[C@@H](C(=O)NCCCC[C@@H]4SC[C@@H]5NC(=O)N[C@@H]54)N(C(=O)OCc4ccc([N+](=O)[O-])cc4)C3)[C@H](C)[C@H]12. The predicted molar refractivity (Wildman–Crippen MR) is 217 cm³/mol. The number of amides is 5. The van der Waals surface area contributed by atoms with Crippen molar-refractivity contribution in [2.45, 2.75) is 93.5 Å². The molecule has 0 bridgehead atoms. The molecule has 2 aromatic rings. The van der Waals surface area contributed by atoms with Crippen LogP contribution in [-0.2, 0) is 37.1 Å². The van der Waals surface area contributed by atoms with Crippen molar-refractivity contribution in [2.24, 2.45) is 11.8 Å². The molecule has 320 valence electrons. The van der Waals surface area contributed by atoms with E-state index in [1.165, 1.54) is 77.0 Å². The van der Waals surface area contributed by atoms with Crippen LogP contribution in [0, 0.1) is 32.1 Å². The van der Waals surface area contributed by atoms with E-state index in [1.54, 1.807) is 0 Å². The van der Waals surface area contributed by atoms with Gasteiger partial charge in [-0.15, -0.1) is 11.8 Å². The maximum atomic E-state index is 13.8. The van der Waals surface area contributed by atoms with Crippen molar-refractivity contribution in [2.75, 3.05) is 18.8 Å². The van der Waals surface area contributed by atoms with Gasteiger partial charge in [-0.25, -0.2) is 14.4 Å². The molecule has 7 rings (SSSR count). The molecule has 0 radical (unpaired) electrons. The summed E-state index contributed by atoms with van der Waals surface area (Å²) in [5.41, 5.74) is 0.759. The van der Waals surface area contributed by atoms with Gasteiger partial charge in [0, 0.05) is 64.4 Å². The summed E-state index contributed by atoms with van der Waals surface area (Å²) in [4.78, 5) is 90.8. The molecule has 4 N–H and O–H groups in total. The van der Waals surface area contributed by atoms with Gasteiger partial charge in [-0.3, -0.25) is 34.7 Å². The first-order chi connectivity index (χ1) is 28.7.